The largest absolute Gasteiger partial charge is 0.394 e. The van der Waals surface area contributed by atoms with Gasteiger partial charge in [0, 0.05) is 13.2 Å². The lowest BCUT2D eigenvalue weighted by atomic mass is 10.1. The van der Waals surface area contributed by atoms with Gasteiger partial charge in [0.1, 0.15) is 36.1 Å². The zero-order valence-electron chi connectivity index (χ0n) is 10.8. The maximum absolute atomic E-state index is 10.1. The summed E-state index contributed by atoms with van der Waals surface area (Å²) < 4.78 is 7.12. The van der Waals surface area contributed by atoms with Crippen LogP contribution in [0.3, 0.4) is 0 Å². The highest BCUT2D eigenvalue weighted by molar-refractivity contribution is 5.87. The first-order valence-electron chi connectivity index (χ1n) is 6.29. The van der Waals surface area contributed by atoms with Gasteiger partial charge in [0.15, 0.2) is 6.23 Å². The molecule has 0 amide bonds. The quantitative estimate of drug-likeness (QED) is 0.575. The van der Waals surface area contributed by atoms with E-state index in [9.17, 15) is 10.2 Å². The standard InChI is InChI=1S/C12H16N4O4/c1-13-10-6-2-3-16(11(6)15-5-14-10)12-9(19)8(18)7(4-17)20-12/h2-3,5,7-9,12,17-19H,4H2,1H3,(H,13,14,15)/t7-,8-,9-,12-/m1/s1. The SMILES string of the molecule is CNc1ncnc2c1ccn2[C@@H]1O[C@H](CO)[C@@H](O)[C@H]1O. The van der Waals surface area contributed by atoms with E-state index >= 15 is 0 Å². The Morgan fingerprint density at radius 3 is 2.80 bits per heavy atom. The maximum atomic E-state index is 10.1. The molecule has 1 aliphatic rings. The molecule has 0 saturated carbocycles. The van der Waals surface area contributed by atoms with Gasteiger partial charge in [-0.15, -0.1) is 0 Å². The molecule has 0 bridgehead atoms. The van der Waals surface area contributed by atoms with Gasteiger partial charge >= 0.3 is 0 Å². The van der Waals surface area contributed by atoms with E-state index in [4.69, 9.17) is 9.84 Å². The summed E-state index contributed by atoms with van der Waals surface area (Å²) in [5.74, 6) is 0.667. The van der Waals surface area contributed by atoms with Crippen molar-refractivity contribution in [2.45, 2.75) is 24.5 Å². The smallest absolute Gasteiger partial charge is 0.164 e. The molecule has 8 heteroatoms. The molecular formula is C12H16N4O4. The van der Waals surface area contributed by atoms with E-state index in [0.29, 0.717) is 11.5 Å². The Labute approximate surface area is 114 Å². The number of fused-ring (bicyclic) bond motifs is 1. The fourth-order valence-electron chi connectivity index (χ4n) is 2.49. The van der Waals surface area contributed by atoms with E-state index in [2.05, 4.69) is 15.3 Å². The fourth-order valence-corrected chi connectivity index (χ4v) is 2.49. The topological polar surface area (TPSA) is 113 Å². The number of rotatable bonds is 3. The van der Waals surface area contributed by atoms with E-state index < -0.39 is 24.5 Å². The second kappa shape index (κ2) is 4.98. The van der Waals surface area contributed by atoms with Crippen molar-refractivity contribution >= 4 is 16.9 Å². The number of ether oxygens (including phenoxy) is 1. The first-order valence-corrected chi connectivity index (χ1v) is 6.29. The highest BCUT2D eigenvalue weighted by atomic mass is 16.6. The minimum Gasteiger partial charge on any atom is -0.394 e. The lowest BCUT2D eigenvalue weighted by Crippen LogP contribution is -2.33. The van der Waals surface area contributed by atoms with Crippen LogP contribution in [0.2, 0.25) is 0 Å². The summed E-state index contributed by atoms with van der Waals surface area (Å²) in [5.41, 5.74) is 0.583. The second-order valence-corrected chi connectivity index (χ2v) is 4.66. The first-order chi connectivity index (χ1) is 9.67. The molecule has 3 rings (SSSR count). The second-order valence-electron chi connectivity index (χ2n) is 4.66. The highest BCUT2D eigenvalue weighted by Gasteiger charge is 2.43. The third-order valence-corrected chi connectivity index (χ3v) is 3.54. The van der Waals surface area contributed by atoms with Gasteiger partial charge in [0.05, 0.1) is 12.0 Å². The Morgan fingerprint density at radius 2 is 2.15 bits per heavy atom. The first kappa shape index (κ1) is 13.3. The van der Waals surface area contributed by atoms with Crippen LogP contribution in [0.4, 0.5) is 5.82 Å². The van der Waals surface area contributed by atoms with Crippen molar-refractivity contribution in [2.75, 3.05) is 19.0 Å². The summed E-state index contributed by atoms with van der Waals surface area (Å²) >= 11 is 0. The molecule has 1 fully saturated rings. The van der Waals surface area contributed by atoms with Gasteiger partial charge < -0.3 is 29.9 Å². The van der Waals surface area contributed by atoms with E-state index in [-0.39, 0.29) is 6.61 Å². The van der Waals surface area contributed by atoms with Crippen LogP contribution in [0.1, 0.15) is 6.23 Å². The zero-order chi connectivity index (χ0) is 14.3. The lowest BCUT2D eigenvalue weighted by Gasteiger charge is -2.17. The maximum Gasteiger partial charge on any atom is 0.164 e. The molecule has 0 radical (unpaired) electrons. The third kappa shape index (κ3) is 1.85. The van der Waals surface area contributed by atoms with E-state index in [0.717, 1.165) is 5.39 Å². The van der Waals surface area contributed by atoms with Crippen molar-refractivity contribution in [3.05, 3.63) is 18.6 Å². The Balaban J connectivity index is 2.03. The van der Waals surface area contributed by atoms with Crippen LogP contribution in [0.5, 0.6) is 0 Å². The summed E-state index contributed by atoms with van der Waals surface area (Å²) in [5, 5.41) is 32.7. The molecule has 2 aromatic rings. The van der Waals surface area contributed by atoms with Gasteiger partial charge in [-0.25, -0.2) is 9.97 Å². The molecule has 4 N–H and O–H groups in total. The molecule has 4 atom stereocenters. The van der Waals surface area contributed by atoms with Gasteiger partial charge in [-0.3, -0.25) is 0 Å². The van der Waals surface area contributed by atoms with Crippen molar-refractivity contribution in [1.82, 2.24) is 14.5 Å². The molecule has 1 aliphatic heterocycles. The van der Waals surface area contributed by atoms with Crippen LogP contribution in [0, 0.1) is 0 Å². The van der Waals surface area contributed by atoms with Gasteiger partial charge in [-0.1, -0.05) is 0 Å². The molecule has 0 aromatic carbocycles. The van der Waals surface area contributed by atoms with Crippen molar-refractivity contribution < 1.29 is 20.1 Å². The third-order valence-electron chi connectivity index (χ3n) is 3.54. The molecular weight excluding hydrogens is 264 g/mol. The van der Waals surface area contributed by atoms with E-state index in [1.165, 1.54) is 6.33 Å². The van der Waals surface area contributed by atoms with Crippen molar-refractivity contribution in [2.24, 2.45) is 0 Å². The predicted molar refractivity (Wildman–Crippen MR) is 70.1 cm³/mol. The summed E-state index contributed by atoms with van der Waals surface area (Å²) in [7, 11) is 1.76. The van der Waals surface area contributed by atoms with Crippen molar-refractivity contribution in [3.63, 3.8) is 0 Å². The van der Waals surface area contributed by atoms with Crippen LogP contribution in [0.15, 0.2) is 18.6 Å². The number of hydrogen-bond donors (Lipinski definition) is 4. The number of anilines is 1. The summed E-state index contributed by atoms with van der Waals surface area (Å²) in [6.07, 6.45) is -0.743. The van der Waals surface area contributed by atoms with Crippen LogP contribution >= 0.6 is 0 Å². The molecule has 20 heavy (non-hydrogen) atoms. The van der Waals surface area contributed by atoms with Gasteiger partial charge in [0.25, 0.3) is 0 Å². The molecule has 3 heterocycles. The Hall–Kier alpha value is -1.74. The average molecular weight is 280 g/mol. The molecule has 0 aliphatic carbocycles. The average Bonchev–Trinajstić information content (AvgIpc) is 3.01. The number of nitrogens with zero attached hydrogens (tertiary/aromatic N) is 3. The Kier molecular flexibility index (Phi) is 3.30. The van der Waals surface area contributed by atoms with Crippen molar-refractivity contribution in [3.8, 4) is 0 Å². The van der Waals surface area contributed by atoms with Gasteiger partial charge in [0.2, 0.25) is 0 Å². The minimum atomic E-state index is -1.13. The molecule has 0 spiro atoms. The van der Waals surface area contributed by atoms with Crippen LogP contribution in [0.25, 0.3) is 11.0 Å². The summed E-state index contributed by atoms with van der Waals surface area (Å²) in [4.78, 5) is 8.28. The molecule has 2 aromatic heterocycles. The lowest BCUT2D eigenvalue weighted by molar-refractivity contribution is -0.0508. The minimum absolute atomic E-state index is 0.356. The van der Waals surface area contributed by atoms with Crippen LogP contribution in [-0.2, 0) is 4.74 Å². The van der Waals surface area contributed by atoms with Crippen LogP contribution in [-0.4, -0.2) is 61.8 Å². The molecule has 1 saturated heterocycles. The number of aliphatic hydroxyl groups is 3. The zero-order valence-corrected chi connectivity index (χ0v) is 10.8. The number of aromatic nitrogens is 3. The number of nitrogens with one attached hydrogen (secondary N) is 1. The predicted octanol–water partition coefficient (Wildman–Crippen LogP) is -0.916. The molecule has 0 unspecified atom stereocenters. The van der Waals surface area contributed by atoms with Crippen molar-refractivity contribution in [1.29, 1.82) is 0 Å². The van der Waals surface area contributed by atoms with Gasteiger partial charge in [-0.2, -0.15) is 0 Å². The van der Waals surface area contributed by atoms with Crippen LogP contribution < -0.4 is 5.32 Å². The summed E-state index contributed by atoms with van der Waals surface area (Å²) in [6.45, 7) is -0.356. The number of aliphatic hydroxyl groups excluding tert-OH is 3. The Bertz CT molecular complexity index is 617. The van der Waals surface area contributed by atoms with E-state index in [1.807, 2.05) is 0 Å². The molecule has 8 nitrogen and oxygen atoms in total. The number of hydrogen-bond acceptors (Lipinski definition) is 7. The highest BCUT2D eigenvalue weighted by Crippen LogP contribution is 2.32. The Morgan fingerprint density at radius 1 is 1.35 bits per heavy atom. The summed E-state index contributed by atoms with van der Waals surface area (Å²) in [6, 6.07) is 1.80. The van der Waals surface area contributed by atoms with Gasteiger partial charge in [-0.05, 0) is 6.07 Å². The fraction of sp³-hybridized carbons (Fsp3) is 0.500. The normalized spacial score (nSPS) is 30.0. The van der Waals surface area contributed by atoms with E-state index in [1.54, 1.807) is 23.9 Å². The molecule has 108 valence electrons. The monoisotopic (exact) mass is 280 g/mol.